The smallest absolute Gasteiger partial charge is 0.343 e. The molecule has 1 N–H and O–H groups in total. The molecule has 0 fully saturated rings. The van der Waals surface area contributed by atoms with Gasteiger partial charge in [-0.2, -0.15) is 0 Å². The lowest BCUT2D eigenvalue weighted by Gasteiger charge is -2.10. The number of halogens is 2. The van der Waals surface area contributed by atoms with E-state index >= 15 is 0 Å². The summed E-state index contributed by atoms with van der Waals surface area (Å²) in [6.07, 6.45) is 1.80. The maximum Gasteiger partial charge on any atom is 0.343 e. The standard InChI is InChI=1S/C16H17Cl2NO5/c1-4-5-24-16(22)12(9(2)20)8-19-13-7-10(17)6-11(14(13)18)15(21)23-3/h6-8,19H,4-5H2,1-3H3. The maximum absolute atomic E-state index is 11.9. The number of carbonyl (C=O) groups is 3. The number of anilines is 1. The van der Waals surface area contributed by atoms with E-state index in [1.54, 1.807) is 0 Å². The third-order valence-corrected chi connectivity index (χ3v) is 3.48. The molecule has 0 unspecified atom stereocenters. The highest BCUT2D eigenvalue weighted by molar-refractivity contribution is 6.38. The molecule has 0 aliphatic heterocycles. The molecule has 1 rings (SSSR count). The van der Waals surface area contributed by atoms with Crippen LogP contribution < -0.4 is 5.32 Å². The van der Waals surface area contributed by atoms with Crippen LogP contribution in [-0.4, -0.2) is 31.4 Å². The van der Waals surface area contributed by atoms with E-state index in [2.05, 4.69) is 10.1 Å². The van der Waals surface area contributed by atoms with E-state index in [0.29, 0.717) is 6.42 Å². The van der Waals surface area contributed by atoms with Crippen LogP contribution in [0.15, 0.2) is 23.9 Å². The van der Waals surface area contributed by atoms with Crippen LogP contribution in [0.5, 0.6) is 0 Å². The van der Waals surface area contributed by atoms with Crippen molar-refractivity contribution in [1.82, 2.24) is 0 Å². The SMILES string of the molecule is CCCOC(=O)C(=CNc1cc(Cl)cc(C(=O)OC)c1Cl)C(C)=O. The van der Waals surface area contributed by atoms with Gasteiger partial charge in [-0.05, 0) is 25.5 Å². The molecule has 1 aromatic carbocycles. The first-order chi connectivity index (χ1) is 11.3. The number of ether oxygens (including phenoxy) is 2. The van der Waals surface area contributed by atoms with E-state index in [1.165, 1.54) is 32.4 Å². The van der Waals surface area contributed by atoms with Crippen molar-refractivity contribution >= 4 is 46.6 Å². The summed E-state index contributed by atoms with van der Waals surface area (Å²) in [5, 5.41) is 2.98. The first-order valence-corrected chi connectivity index (χ1v) is 7.79. The lowest BCUT2D eigenvalue weighted by molar-refractivity contribution is -0.140. The van der Waals surface area contributed by atoms with Gasteiger partial charge in [-0.3, -0.25) is 4.79 Å². The molecule has 0 aliphatic carbocycles. The zero-order chi connectivity index (χ0) is 18.3. The summed E-state index contributed by atoms with van der Waals surface area (Å²) in [4.78, 5) is 35.1. The summed E-state index contributed by atoms with van der Waals surface area (Å²) >= 11 is 12.1. The monoisotopic (exact) mass is 373 g/mol. The number of hydrogen-bond acceptors (Lipinski definition) is 6. The Morgan fingerprint density at radius 2 is 1.92 bits per heavy atom. The second-order valence-electron chi connectivity index (χ2n) is 4.70. The largest absolute Gasteiger partial charge is 0.465 e. The van der Waals surface area contributed by atoms with Crippen LogP contribution >= 0.6 is 23.2 Å². The number of Topliss-reactive ketones (excluding diaryl/α,β-unsaturated/α-hetero) is 1. The van der Waals surface area contributed by atoms with Gasteiger partial charge in [0.15, 0.2) is 5.78 Å². The Morgan fingerprint density at radius 3 is 2.46 bits per heavy atom. The van der Waals surface area contributed by atoms with Crippen LogP contribution in [0.3, 0.4) is 0 Å². The fraction of sp³-hybridized carbons (Fsp3) is 0.312. The summed E-state index contributed by atoms with van der Waals surface area (Å²) in [5.74, 6) is -1.89. The van der Waals surface area contributed by atoms with Crippen molar-refractivity contribution in [3.8, 4) is 0 Å². The van der Waals surface area contributed by atoms with Crippen molar-refractivity contribution in [2.45, 2.75) is 20.3 Å². The molecule has 0 spiro atoms. The van der Waals surface area contributed by atoms with Gasteiger partial charge < -0.3 is 14.8 Å². The summed E-state index contributed by atoms with van der Waals surface area (Å²) in [6, 6.07) is 2.80. The van der Waals surface area contributed by atoms with Crippen LogP contribution in [0.4, 0.5) is 5.69 Å². The summed E-state index contributed by atoms with van der Waals surface area (Å²) in [5.41, 5.74) is 0.117. The Kier molecular flexibility index (Phi) is 7.74. The van der Waals surface area contributed by atoms with Crippen molar-refractivity contribution in [3.63, 3.8) is 0 Å². The van der Waals surface area contributed by atoms with E-state index in [0.717, 1.165) is 0 Å². The average Bonchev–Trinajstić information content (AvgIpc) is 2.54. The number of hydrogen-bond donors (Lipinski definition) is 1. The normalized spacial score (nSPS) is 11.0. The molecule has 0 heterocycles. The number of ketones is 1. The van der Waals surface area contributed by atoms with Crippen molar-refractivity contribution < 1.29 is 23.9 Å². The van der Waals surface area contributed by atoms with Gasteiger partial charge in [-0.15, -0.1) is 0 Å². The molecule has 0 radical (unpaired) electrons. The molecule has 24 heavy (non-hydrogen) atoms. The van der Waals surface area contributed by atoms with E-state index in [4.69, 9.17) is 27.9 Å². The minimum atomic E-state index is -0.747. The molecular weight excluding hydrogens is 357 g/mol. The Labute approximate surface area is 149 Å². The summed E-state index contributed by atoms with van der Waals surface area (Å²) in [7, 11) is 1.21. The predicted octanol–water partition coefficient (Wildman–Crippen LogP) is 3.62. The van der Waals surface area contributed by atoms with Gasteiger partial charge in [0.1, 0.15) is 5.57 Å². The Hall–Kier alpha value is -2.05. The van der Waals surface area contributed by atoms with Gasteiger partial charge in [0.2, 0.25) is 0 Å². The van der Waals surface area contributed by atoms with Crippen LogP contribution in [0.25, 0.3) is 0 Å². The van der Waals surface area contributed by atoms with Gasteiger partial charge in [0.05, 0.1) is 30.0 Å². The molecule has 8 heteroatoms. The van der Waals surface area contributed by atoms with Crippen LogP contribution in [-0.2, 0) is 19.1 Å². The van der Waals surface area contributed by atoms with Crippen molar-refractivity contribution in [3.05, 3.63) is 39.5 Å². The molecule has 0 atom stereocenters. The zero-order valence-corrected chi connectivity index (χ0v) is 15.0. The highest BCUT2D eigenvalue weighted by Crippen LogP contribution is 2.31. The van der Waals surface area contributed by atoms with E-state index < -0.39 is 17.7 Å². The molecule has 0 aromatic heterocycles. The molecule has 130 valence electrons. The Morgan fingerprint density at radius 1 is 1.25 bits per heavy atom. The van der Waals surface area contributed by atoms with E-state index in [1.807, 2.05) is 6.92 Å². The fourth-order valence-electron chi connectivity index (χ4n) is 1.68. The highest BCUT2D eigenvalue weighted by atomic mass is 35.5. The van der Waals surface area contributed by atoms with Gasteiger partial charge >= 0.3 is 11.9 Å². The van der Waals surface area contributed by atoms with Gasteiger partial charge in [-0.1, -0.05) is 30.1 Å². The van der Waals surface area contributed by atoms with Gasteiger partial charge in [0, 0.05) is 11.2 Å². The minimum Gasteiger partial charge on any atom is -0.465 e. The third-order valence-electron chi connectivity index (χ3n) is 2.85. The van der Waals surface area contributed by atoms with E-state index in [-0.39, 0.29) is 33.5 Å². The molecule has 1 aromatic rings. The second-order valence-corrected chi connectivity index (χ2v) is 5.52. The third kappa shape index (κ3) is 5.25. The first-order valence-electron chi connectivity index (χ1n) is 7.03. The average molecular weight is 374 g/mol. The second kappa shape index (κ2) is 9.30. The molecule has 0 amide bonds. The lowest BCUT2D eigenvalue weighted by atomic mass is 10.2. The van der Waals surface area contributed by atoms with E-state index in [9.17, 15) is 14.4 Å². The molecule has 0 aliphatic rings. The molecule has 0 saturated carbocycles. The van der Waals surface area contributed by atoms with Crippen molar-refractivity contribution in [2.75, 3.05) is 19.0 Å². The fourth-order valence-corrected chi connectivity index (χ4v) is 2.14. The molecular formula is C16H17Cl2NO5. The zero-order valence-electron chi connectivity index (χ0n) is 13.4. The van der Waals surface area contributed by atoms with Gasteiger partial charge in [-0.25, -0.2) is 9.59 Å². The first kappa shape index (κ1) is 20.0. The van der Waals surface area contributed by atoms with Crippen LogP contribution in [0.1, 0.15) is 30.6 Å². The highest BCUT2D eigenvalue weighted by Gasteiger charge is 2.18. The Balaban J connectivity index is 3.14. The lowest BCUT2D eigenvalue weighted by Crippen LogP contribution is -2.15. The quantitative estimate of drug-likeness (QED) is 0.340. The predicted molar refractivity (Wildman–Crippen MR) is 91.4 cm³/mol. The number of esters is 2. The van der Waals surface area contributed by atoms with Crippen molar-refractivity contribution in [2.24, 2.45) is 0 Å². The minimum absolute atomic E-state index is 0.0485. The molecule has 0 bridgehead atoms. The molecule has 0 saturated heterocycles. The maximum atomic E-state index is 11.9. The Bertz CT molecular complexity index is 685. The van der Waals surface area contributed by atoms with Crippen LogP contribution in [0.2, 0.25) is 10.0 Å². The van der Waals surface area contributed by atoms with Crippen molar-refractivity contribution in [1.29, 1.82) is 0 Å². The van der Waals surface area contributed by atoms with Crippen LogP contribution in [0, 0.1) is 0 Å². The number of nitrogens with one attached hydrogen (secondary N) is 1. The number of rotatable bonds is 7. The van der Waals surface area contributed by atoms with Gasteiger partial charge in [0.25, 0.3) is 0 Å². The number of carbonyl (C=O) groups excluding carboxylic acids is 3. The summed E-state index contributed by atoms with van der Waals surface area (Å²) < 4.78 is 9.56. The number of benzene rings is 1. The topological polar surface area (TPSA) is 81.7 Å². The summed E-state index contributed by atoms with van der Waals surface area (Å²) in [6.45, 7) is 3.27. The number of methoxy groups -OCH3 is 1. The molecule has 6 nitrogen and oxygen atoms in total.